The molecule has 27 heavy (non-hydrogen) atoms. The molecule has 5 nitrogen and oxygen atoms in total. The van der Waals surface area contributed by atoms with Crippen molar-refractivity contribution in [1.82, 2.24) is 5.32 Å². The predicted molar refractivity (Wildman–Crippen MR) is 114 cm³/mol. The first-order valence-corrected chi connectivity index (χ1v) is 9.80. The van der Waals surface area contributed by atoms with Crippen molar-refractivity contribution in [1.29, 1.82) is 0 Å². The fraction of sp³-hybridized carbons (Fsp3) is 0.200. The summed E-state index contributed by atoms with van der Waals surface area (Å²) in [6.45, 7) is 4.05. The Balaban J connectivity index is 1.89. The van der Waals surface area contributed by atoms with Gasteiger partial charge in [0.15, 0.2) is 16.7 Å². The van der Waals surface area contributed by atoms with Crippen LogP contribution in [0.1, 0.15) is 16.7 Å². The van der Waals surface area contributed by atoms with E-state index >= 15 is 0 Å². The fourth-order valence-corrected chi connectivity index (χ4v) is 4.25. The monoisotopic (exact) mass is 446 g/mol. The van der Waals surface area contributed by atoms with Crippen molar-refractivity contribution in [3.63, 3.8) is 0 Å². The molecule has 2 aromatic rings. The van der Waals surface area contributed by atoms with Crippen molar-refractivity contribution >= 4 is 50.5 Å². The van der Waals surface area contributed by atoms with Gasteiger partial charge in [0.1, 0.15) is 0 Å². The number of aryl methyl sites for hydroxylation is 2. The van der Waals surface area contributed by atoms with E-state index in [-0.39, 0.29) is 5.91 Å². The number of amides is 1. The molecule has 0 unspecified atom stereocenters. The number of ether oxygens (including phenoxy) is 2. The molecule has 1 saturated heterocycles. The van der Waals surface area contributed by atoms with E-state index in [1.165, 1.54) is 11.8 Å². The van der Waals surface area contributed by atoms with Gasteiger partial charge in [0.05, 0.1) is 29.3 Å². The third-order valence-corrected chi connectivity index (χ3v) is 5.34. The van der Waals surface area contributed by atoms with E-state index in [0.717, 1.165) is 26.9 Å². The Kier molecular flexibility index (Phi) is 5.92. The number of carbonyl (C=O) groups is 1. The van der Waals surface area contributed by atoms with E-state index in [9.17, 15) is 4.79 Å². The van der Waals surface area contributed by atoms with Gasteiger partial charge in [-0.1, -0.05) is 6.07 Å². The van der Waals surface area contributed by atoms with Gasteiger partial charge in [0.25, 0.3) is 5.91 Å². The number of nitrogens with one attached hydrogen (secondary N) is 1. The Morgan fingerprint density at radius 3 is 2.41 bits per heavy atom. The molecule has 1 N–H and O–H groups in total. The molecular formula is C20H19BrN2O3S. The molecule has 1 amide bonds. The number of methoxy groups -OCH3 is 2. The summed E-state index contributed by atoms with van der Waals surface area (Å²) < 4.78 is 11.4. The van der Waals surface area contributed by atoms with Crippen LogP contribution in [-0.2, 0) is 4.79 Å². The SMILES string of the molecule is COc1cc(C=C2SC(=Nc3cc(C)cc(C)c3)NC2=O)cc(Br)c1OC. The summed E-state index contributed by atoms with van der Waals surface area (Å²) in [5.74, 6) is 1.03. The second-order valence-corrected chi connectivity index (χ2v) is 7.95. The quantitative estimate of drug-likeness (QED) is 0.673. The number of rotatable bonds is 4. The average molecular weight is 447 g/mol. The van der Waals surface area contributed by atoms with Gasteiger partial charge in [0.2, 0.25) is 0 Å². The van der Waals surface area contributed by atoms with Crippen LogP contribution in [0.5, 0.6) is 11.5 Å². The van der Waals surface area contributed by atoms with Gasteiger partial charge in [-0.3, -0.25) is 4.79 Å². The van der Waals surface area contributed by atoms with Crippen molar-refractivity contribution in [2.75, 3.05) is 14.2 Å². The van der Waals surface area contributed by atoms with Crippen LogP contribution in [0.3, 0.4) is 0 Å². The minimum absolute atomic E-state index is 0.172. The van der Waals surface area contributed by atoms with E-state index < -0.39 is 0 Å². The number of amidine groups is 1. The maximum absolute atomic E-state index is 12.3. The summed E-state index contributed by atoms with van der Waals surface area (Å²) in [6, 6.07) is 9.76. The maximum atomic E-state index is 12.3. The molecule has 1 aliphatic rings. The molecule has 3 rings (SSSR count). The van der Waals surface area contributed by atoms with E-state index in [2.05, 4.69) is 32.3 Å². The molecule has 2 aromatic carbocycles. The lowest BCUT2D eigenvalue weighted by molar-refractivity contribution is -0.115. The second kappa shape index (κ2) is 8.19. The van der Waals surface area contributed by atoms with Crippen molar-refractivity contribution < 1.29 is 14.3 Å². The van der Waals surface area contributed by atoms with Crippen molar-refractivity contribution in [2.45, 2.75) is 13.8 Å². The number of aliphatic imine (C=N–C) groups is 1. The Morgan fingerprint density at radius 2 is 1.78 bits per heavy atom. The summed E-state index contributed by atoms with van der Waals surface area (Å²) >= 11 is 4.78. The number of benzene rings is 2. The van der Waals surface area contributed by atoms with Crippen LogP contribution in [0.2, 0.25) is 0 Å². The van der Waals surface area contributed by atoms with E-state index in [1.807, 2.05) is 38.1 Å². The third kappa shape index (κ3) is 4.54. The first-order valence-electron chi connectivity index (χ1n) is 8.19. The molecule has 0 radical (unpaired) electrons. The molecule has 0 bridgehead atoms. The van der Waals surface area contributed by atoms with Crippen LogP contribution < -0.4 is 14.8 Å². The van der Waals surface area contributed by atoms with Gasteiger partial charge in [-0.15, -0.1) is 0 Å². The number of thioether (sulfide) groups is 1. The molecular weight excluding hydrogens is 428 g/mol. The van der Waals surface area contributed by atoms with Crippen LogP contribution in [0.15, 0.2) is 44.7 Å². The zero-order chi connectivity index (χ0) is 19.6. The van der Waals surface area contributed by atoms with Crippen LogP contribution >= 0.6 is 27.7 Å². The van der Waals surface area contributed by atoms with Gasteiger partial charge in [-0.2, -0.15) is 0 Å². The molecule has 0 saturated carbocycles. The van der Waals surface area contributed by atoms with E-state index in [1.54, 1.807) is 20.3 Å². The highest BCUT2D eigenvalue weighted by Gasteiger charge is 2.24. The lowest BCUT2D eigenvalue weighted by Crippen LogP contribution is -2.19. The smallest absolute Gasteiger partial charge is 0.264 e. The van der Waals surface area contributed by atoms with Gasteiger partial charge in [0, 0.05) is 0 Å². The summed E-state index contributed by atoms with van der Waals surface area (Å²) in [5, 5.41) is 3.38. The summed E-state index contributed by atoms with van der Waals surface area (Å²) in [6.07, 6.45) is 1.80. The topological polar surface area (TPSA) is 59.9 Å². The molecule has 1 heterocycles. The Labute approximate surface area is 171 Å². The lowest BCUT2D eigenvalue weighted by atomic mass is 10.1. The van der Waals surface area contributed by atoms with Crippen molar-refractivity contribution in [3.05, 3.63) is 56.4 Å². The normalized spacial score (nSPS) is 16.7. The highest BCUT2D eigenvalue weighted by atomic mass is 79.9. The lowest BCUT2D eigenvalue weighted by Gasteiger charge is -2.10. The molecule has 140 valence electrons. The van der Waals surface area contributed by atoms with Gasteiger partial charge >= 0.3 is 0 Å². The van der Waals surface area contributed by atoms with Gasteiger partial charge < -0.3 is 14.8 Å². The minimum Gasteiger partial charge on any atom is -0.493 e. The average Bonchev–Trinajstić information content (AvgIpc) is 2.92. The highest BCUT2D eigenvalue weighted by Crippen LogP contribution is 2.38. The maximum Gasteiger partial charge on any atom is 0.264 e. The summed E-state index contributed by atoms with van der Waals surface area (Å²) in [7, 11) is 3.16. The first-order chi connectivity index (χ1) is 12.9. The Bertz CT molecular complexity index is 950. The number of nitrogens with zero attached hydrogens (tertiary/aromatic N) is 1. The molecule has 0 spiro atoms. The molecule has 1 aliphatic heterocycles. The van der Waals surface area contributed by atoms with Crippen LogP contribution in [0.4, 0.5) is 5.69 Å². The fourth-order valence-electron chi connectivity index (χ4n) is 2.79. The zero-order valence-electron chi connectivity index (χ0n) is 15.4. The van der Waals surface area contributed by atoms with Gasteiger partial charge in [-0.05, 0) is 88.6 Å². The molecule has 0 atom stereocenters. The molecule has 1 fully saturated rings. The third-order valence-electron chi connectivity index (χ3n) is 3.84. The Hall–Kier alpha value is -2.25. The van der Waals surface area contributed by atoms with E-state index in [0.29, 0.717) is 21.6 Å². The number of halogens is 1. The van der Waals surface area contributed by atoms with Crippen LogP contribution in [0, 0.1) is 13.8 Å². The Morgan fingerprint density at radius 1 is 1.07 bits per heavy atom. The number of hydrogen-bond donors (Lipinski definition) is 1. The van der Waals surface area contributed by atoms with Gasteiger partial charge in [-0.25, -0.2) is 4.99 Å². The van der Waals surface area contributed by atoms with Crippen molar-refractivity contribution in [2.24, 2.45) is 4.99 Å². The number of carbonyl (C=O) groups excluding carboxylic acids is 1. The largest absolute Gasteiger partial charge is 0.493 e. The summed E-state index contributed by atoms with van der Waals surface area (Å²) in [4.78, 5) is 17.4. The second-order valence-electron chi connectivity index (χ2n) is 6.07. The van der Waals surface area contributed by atoms with Crippen LogP contribution in [-0.4, -0.2) is 25.3 Å². The highest BCUT2D eigenvalue weighted by molar-refractivity contribution is 9.10. The minimum atomic E-state index is -0.172. The van der Waals surface area contributed by atoms with E-state index in [4.69, 9.17) is 9.47 Å². The molecule has 0 aromatic heterocycles. The zero-order valence-corrected chi connectivity index (χ0v) is 17.8. The van der Waals surface area contributed by atoms with Crippen molar-refractivity contribution in [3.8, 4) is 11.5 Å². The molecule has 7 heteroatoms. The predicted octanol–water partition coefficient (Wildman–Crippen LogP) is 4.97. The first kappa shape index (κ1) is 19.5. The summed E-state index contributed by atoms with van der Waals surface area (Å²) in [5.41, 5.74) is 3.92. The standard InChI is InChI=1S/C20H19BrN2O3S/c1-11-5-12(2)7-14(6-11)22-20-23-19(24)17(27-20)10-13-8-15(21)18(26-4)16(9-13)25-3/h5-10H,1-4H3,(H,22,23,24). The molecule has 0 aliphatic carbocycles. The number of hydrogen-bond acceptors (Lipinski definition) is 5. The van der Waals surface area contributed by atoms with Crippen LogP contribution in [0.25, 0.3) is 6.08 Å².